The van der Waals surface area contributed by atoms with Crippen molar-refractivity contribution in [3.05, 3.63) is 132 Å². The molecule has 2 nitrogen and oxygen atoms in total. The highest BCUT2D eigenvalue weighted by atomic mass is 32.1. The highest BCUT2D eigenvalue weighted by Gasteiger charge is 2.23. The van der Waals surface area contributed by atoms with E-state index in [1.54, 1.807) is 11.3 Å². The fourth-order valence-corrected chi connectivity index (χ4v) is 6.56. The number of hydrogen-bond acceptors (Lipinski definition) is 2. The first-order valence-corrected chi connectivity index (χ1v) is 14.6. The first-order valence-electron chi connectivity index (χ1n) is 13.7. The van der Waals surface area contributed by atoms with Crippen LogP contribution in [0.2, 0.25) is 0 Å². The summed E-state index contributed by atoms with van der Waals surface area (Å²) in [4.78, 5) is 5.29. The third-order valence-electron chi connectivity index (χ3n) is 7.67. The van der Waals surface area contributed by atoms with Gasteiger partial charge in [0.05, 0.1) is 16.7 Å². The minimum atomic E-state index is 0.102. The van der Waals surface area contributed by atoms with E-state index in [1.165, 1.54) is 43.5 Å². The molecule has 0 N–H and O–H groups in total. The Hall–Kier alpha value is -4.47. The third-order valence-corrected chi connectivity index (χ3v) is 8.62. The van der Waals surface area contributed by atoms with Crippen molar-refractivity contribution < 1.29 is 0 Å². The topological polar surface area (TPSA) is 17.8 Å². The van der Waals surface area contributed by atoms with Crippen LogP contribution in [0.3, 0.4) is 0 Å². The normalized spacial score (nSPS) is 11.9. The van der Waals surface area contributed by atoms with Crippen molar-refractivity contribution in [1.82, 2.24) is 9.55 Å². The van der Waals surface area contributed by atoms with Crippen molar-refractivity contribution in [3.8, 4) is 39.3 Å². The Morgan fingerprint density at radius 1 is 0.625 bits per heavy atom. The van der Waals surface area contributed by atoms with Crippen molar-refractivity contribution in [1.29, 1.82) is 0 Å². The van der Waals surface area contributed by atoms with Gasteiger partial charge in [-0.3, -0.25) is 4.57 Å². The van der Waals surface area contributed by atoms with E-state index in [2.05, 4.69) is 152 Å². The molecule has 194 valence electrons. The molecule has 0 spiro atoms. The van der Waals surface area contributed by atoms with Crippen molar-refractivity contribution in [2.75, 3.05) is 0 Å². The number of aromatic nitrogens is 2. The minimum Gasteiger partial charge on any atom is -0.291 e. The van der Waals surface area contributed by atoms with Crippen LogP contribution >= 0.6 is 11.3 Å². The van der Waals surface area contributed by atoms with Crippen LogP contribution in [0.25, 0.3) is 60.4 Å². The molecule has 2 heterocycles. The van der Waals surface area contributed by atoms with Gasteiger partial charge in [-0.15, -0.1) is 11.3 Å². The summed E-state index contributed by atoms with van der Waals surface area (Å²) in [5.41, 5.74) is 10.6. The molecule has 5 aromatic carbocycles. The van der Waals surface area contributed by atoms with Gasteiger partial charge in [0.1, 0.15) is 5.82 Å². The predicted molar refractivity (Wildman–Crippen MR) is 171 cm³/mol. The monoisotopic (exact) mass is 534 g/mol. The second-order valence-electron chi connectivity index (χ2n) is 11.3. The van der Waals surface area contributed by atoms with E-state index in [0.717, 1.165) is 22.5 Å². The van der Waals surface area contributed by atoms with Gasteiger partial charge in [-0.2, -0.15) is 0 Å². The molecule has 0 unspecified atom stereocenters. The molecule has 2 aromatic heterocycles. The molecule has 7 rings (SSSR count). The lowest BCUT2D eigenvalue weighted by Gasteiger charge is -2.20. The van der Waals surface area contributed by atoms with Crippen LogP contribution < -0.4 is 0 Å². The van der Waals surface area contributed by atoms with Gasteiger partial charge in [-0.05, 0) is 40.3 Å². The molecule has 0 fully saturated rings. The highest BCUT2D eigenvalue weighted by molar-refractivity contribution is 7.17. The zero-order valence-corrected chi connectivity index (χ0v) is 23.7. The van der Waals surface area contributed by atoms with E-state index >= 15 is 0 Å². The molecule has 0 saturated carbocycles. The van der Waals surface area contributed by atoms with Crippen molar-refractivity contribution in [2.24, 2.45) is 0 Å². The summed E-state index contributed by atoms with van der Waals surface area (Å²) in [6.45, 7) is 6.81. The fourth-order valence-electron chi connectivity index (χ4n) is 5.59. The molecule has 0 radical (unpaired) electrons. The van der Waals surface area contributed by atoms with Crippen molar-refractivity contribution >= 4 is 32.5 Å². The molecular weight excluding hydrogens is 504 g/mol. The number of nitrogens with zero attached hydrogens (tertiary/aromatic N) is 2. The Bertz CT molecular complexity index is 1910. The summed E-state index contributed by atoms with van der Waals surface area (Å²) >= 11 is 1.80. The maximum absolute atomic E-state index is 5.29. The van der Waals surface area contributed by atoms with Gasteiger partial charge < -0.3 is 0 Å². The van der Waals surface area contributed by atoms with Crippen LogP contribution in [0.4, 0.5) is 0 Å². The largest absolute Gasteiger partial charge is 0.291 e. The lowest BCUT2D eigenvalue weighted by Crippen LogP contribution is -2.10. The lowest BCUT2D eigenvalue weighted by molar-refractivity contribution is 0.591. The second kappa shape index (κ2) is 9.62. The van der Waals surface area contributed by atoms with E-state index in [9.17, 15) is 0 Å². The van der Waals surface area contributed by atoms with E-state index in [0.29, 0.717) is 0 Å². The number of imidazole rings is 1. The van der Waals surface area contributed by atoms with Gasteiger partial charge in [0.15, 0.2) is 0 Å². The van der Waals surface area contributed by atoms with Gasteiger partial charge in [-0.1, -0.05) is 124 Å². The summed E-state index contributed by atoms with van der Waals surface area (Å²) in [5, 5.41) is 3.52. The number of fused-ring (bicyclic) bond motifs is 2. The molecule has 7 aromatic rings. The zero-order valence-electron chi connectivity index (χ0n) is 22.9. The molecule has 0 saturated heterocycles. The summed E-state index contributed by atoms with van der Waals surface area (Å²) < 4.78 is 3.68. The lowest BCUT2D eigenvalue weighted by atomic mass is 9.87. The van der Waals surface area contributed by atoms with Crippen molar-refractivity contribution in [2.45, 2.75) is 26.2 Å². The molecule has 0 aliphatic heterocycles. The number of para-hydroxylation sites is 3. The van der Waals surface area contributed by atoms with Gasteiger partial charge >= 0.3 is 0 Å². The van der Waals surface area contributed by atoms with Crippen LogP contribution in [0.15, 0.2) is 127 Å². The van der Waals surface area contributed by atoms with E-state index in [4.69, 9.17) is 4.98 Å². The quantitative estimate of drug-likeness (QED) is 0.220. The van der Waals surface area contributed by atoms with Crippen molar-refractivity contribution in [3.63, 3.8) is 0 Å². The summed E-state index contributed by atoms with van der Waals surface area (Å²) in [5.74, 6) is 0.969. The van der Waals surface area contributed by atoms with E-state index in [-0.39, 0.29) is 5.41 Å². The summed E-state index contributed by atoms with van der Waals surface area (Å²) in [6, 6.07) is 43.4. The molecule has 3 heteroatoms. The van der Waals surface area contributed by atoms with E-state index in [1.807, 2.05) is 0 Å². The number of rotatable bonds is 4. The molecule has 0 atom stereocenters. The fraction of sp³-hybridized carbons (Fsp3) is 0.108. The van der Waals surface area contributed by atoms with Crippen LogP contribution in [0, 0.1) is 0 Å². The maximum atomic E-state index is 5.29. The van der Waals surface area contributed by atoms with Gasteiger partial charge in [0.25, 0.3) is 0 Å². The minimum absolute atomic E-state index is 0.102. The van der Waals surface area contributed by atoms with E-state index < -0.39 is 0 Å². The Morgan fingerprint density at radius 3 is 1.90 bits per heavy atom. The molecule has 0 aliphatic rings. The molecule has 40 heavy (non-hydrogen) atoms. The third kappa shape index (κ3) is 4.14. The molecule has 0 aliphatic carbocycles. The number of thiophene rings is 1. The van der Waals surface area contributed by atoms with Crippen LogP contribution in [-0.2, 0) is 5.41 Å². The zero-order chi connectivity index (χ0) is 27.3. The SMILES string of the molecule is CC(C)(C)c1ccc2c(-c3nc4ccccc4n3-c3c(-c4ccccc4)cccc3-c3ccccc3)csc2c1. The maximum Gasteiger partial charge on any atom is 0.147 e. The highest BCUT2D eigenvalue weighted by Crippen LogP contribution is 2.43. The number of hydrogen-bond donors (Lipinski definition) is 0. The summed E-state index contributed by atoms with van der Waals surface area (Å²) in [7, 11) is 0. The Balaban J connectivity index is 1.58. The van der Waals surface area contributed by atoms with Gasteiger partial charge in [0.2, 0.25) is 0 Å². The van der Waals surface area contributed by atoms with Crippen LogP contribution in [-0.4, -0.2) is 9.55 Å². The Labute approximate surface area is 239 Å². The first kappa shape index (κ1) is 24.6. The van der Waals surface area contributed by atoms with Gasteiger partial charge in [0, 0.05) is 32.2 Å². The van der Waals surface area contributed by atoms with Crippen LogP contribution in [0.5, 0.6) is 0 Å². The predicted octanol–water partition coefficient (Wildman–Crippen LogP) is 10.5. The Morgan fingerprint density at radius 2 is 1.25 bits per heavy atom. The Kier molecular flexibility index (Phi) is 5.91. The smallest absolute Gasteiger partial charge is 0.147 e. The molecule has 0 bridgehead atoms. The van der Waals surface area contributed by atoms with Gasteiger partial charge in [-0.25, -0.2) is 4.98 Å². The molecule has 0 amide bonds. The average Bonchev–Trinajstić information content (AvgIpc) is 3.58. The summed E-state index contributed by atoms with van der Waals surface area (Å²) in [6.07, 6.45) is 0. The molecular formula is C37H30N2S. The number of benzene rings is 5. The first-order chi connectivity index (χ1) is 19.5. The standard InChI is InChI=1S/C37H30N2S/c1-37(2,3)27-21-22-30-31(24-40-34(30)23-27)36-38-32-19-10-11-20-33(32)39(36)35-28(25-13-6-4-7-14-25)17-12-18-29(35)26-15-8-5-9-16-26/h4-24H,1-3H3. The van der Waals surface area contributed by atoms with Crippen LogP contribution in [0.1, 0.15) is 26.3 Å². The average molecular weight is 535 g/mol. The second-order valence-corrected chi connectivity index (χ2v) is 12.2.